The summed E-state index contributed by atoms with van der Waals surface area (Å²) >= 11 is 0. The predicted octanol–water partition coefficient (Wildman–Crippen LogP) is 7.83. The van der Waals surface area contributed by atoms with E-state index in [-0.39, 0.29) is 5.41 Å². The van der Waals surface area contributed by atoms with Crippen LogP contribution in [0.4, 0.5) is 0 Å². The van der Waals surface area contributed by atoms with Gasteiger partial charge in [0.25, 0.3) is 0 Å². The molecule has 4 aromatic rings. The molecule has 0 bridgehead atoms. The molecule has 0 amide bonds. The standard InChI is InChI=1S/C37H44N2O3/c1-37(2,3)34-20-17-30(36(42-33-13-9-6-10-14-33)35(34)29-11-7-5-8-12-29)27-41-24-21-31-25-38-22-23-39(31)26-28-15-18-32(40-4)19-16-28/h5-20,31,38H,21-27H2,1-4H3. The number of piperazine rings is 1. The topological polar surface area (TPSA) is 43.0 Å². The van der Waals surface area contributed by atoms with Crippen LogP contribution in [0.25, 0.3) is 11.1 Å². The molecule has 1 atom stereocenters. The van der Waals surface area contributed by atoms with Gasteiger partial charge in [-0.1, -0.05) is 93.6 Å². The maximum absolute atomic E-state index is 6.67. The molecule has 1 unspecified atom stereocenters. The van der Waals surface area contributed by atoms with Crippen molar-refractivity contribution in [2.45, 2.75) is 51.8 Å². The molecule has 1 fully saturated rings. The lowest BCUT2D eigenvalue weighted by Crippen LogP contribution is -2.51. The van der Waals surface area contributed by atoms with Gasteiger partial charge in [-0.05, 0) is 52.8 Å². The molecule has 1 aliphatic rings. The summed E-state index contributed by atoms with van der Waals surface area (Å²) in [5, 5.41) is 3.57. The SMILES string of the molecule is COc1ccc(CN2CCNCC2CCOCc2ccc(C(C)(C)C)c(-c3ccccc3)c2Oc2ccccc2)cc1. The summed E-state index contributed by atoms with van der Waals surface area (Å²) in [6.45, 7) is 11.9. The Morgan fingerprint density at radius 1 is 0.833 bits per heavy atom. The highest BCUT2D eigenvalue weighted by Gasteiger charge is 2.26. The second-order valence-corrected chi connectivity index (χ2v) is 12.0. The first-order chi connectivity index (χ1) is 20.4. The Labute approximate surface area is 251 Å². The van der Waals surface area contributed by atoms with Gasteiger partial charge in [-0.2, -0.15) is 0 Å². The molecule has 1 saturated heterocycles. The Morgan fingerprint density at radius 2 is 1.55 bits per heavy atom. The van der Waals surface area contributed by atoms with E-state index in [0.717, 1.165) is 66.5 Å². The number of ether oxygens (including phenoxy) is 3. The number of benzene rings is 4. The summed E-state index contributed by atoms with van der Waals surface area (Å²) in [7, 11) is 1.71. The number of nitrogens with zero attached hydrogens (tertiary/aromatic N) is 1. The van der Waals surface area contributed by atoms with Crippen molar-refractivity contribution >= 4 is 0 Å². The van der Waals surface area contributed by atoms with Crippen LogP contribution in [0.1, 0.15) is 43.9 Å². The van der Waals surface area contributed by atoms with Crippen LogP contribution in [-0.2, 0) is 23.3 Å². The highest BCUT2D eigenvalue weighted by molar-refractivity contribution is 5.77. The van der Waals surface area contributed by atoms with Crippen molar-refractivity contribution in [3.8, 4) is 28.4 Å². The van der Waals surface area contributed by atoms with Gasteiger partial charge in [0.05, 0.1) is 13.7 Å². The molecular weight excluding hydrogens is 520 g/mol. The highest BCUT2D eigenvalue weighted by atomic mass is 16.5. The number of nitrogens with one attached hydrogen (secondary N) is 1. The lowest BCUT2D eigenvalue weighted by molar-refractivity contribution is 0.0743. The van der Waals surface area contributed by atoms with Crippen LogP contribution in [0, 0.1) is 0 Å². The second kappa shape index (κ2) is 14.0. The zero-order valence-electron chi connectivity index (χ0n) is 25.4. The molecule has 220 valence electrons. The van der Waals surface area contributed by atoms with Gasteiger partial charge < -0.3 is 19.5 Å². The molecule has 5 heteroatoms. The van der Waals surface area contributed by atoms with Crippen molar-refractivity contribution in [1.29, 1.82) is 0 Å². The molecular formula is C37H44N2O3. The van der Waals surface area contributed by atoms with Gasteiger partial charge in [-0.25, -0.2) is 0 Å². The lowest BCUT2D eigenvalue weighted by atomic mass is 9.80. The minimum atomic E-state index is -0.0549. The van der Waals surface area contributed by atoms with E-state index in [0.29, 0.717) is 19.3 Å². The molecule has 0 aliphatic carbocycles. The third-order valence-corrected chi connectivity index (χ3v) is 7.94. The van der Waals surface area contributed by atoms with Gasteiger partial charge in [0.1, 0.15) is 17.2 Å². The number of para-hydroxylation sites is 1. The Kier molecular flexibility index (Phi) is 9.96. The first-order valence-electron chi connectivity index (χ1n) is 15.0. The quantitative estimate of drug-likeness (QED) is 0.188. The minimum Gasteiger partial charge on any atom is -0.497 e. The van der Waals surface area contributed by atoms with Crippen LogP contribution in [-0.4, -0.2) is 44.3 Å². The maximum Gasteiger partial charge on any atom is 0.141 e. The third kappa shape index (κ3) is 7.60. The van der Waals surface area contributed by atoms with E-state index in [2.05, 4.69) is 85.6 Å². The van der Waals surface area contributed by atoms with Crippen molar-refractivity contribution in [2.24, 2.45) is 0 Å². The number of rotatable bonds is 11. The van der Waals surface area contributed by atoms with Gasteiger partial charge in [-0.15, -0.1) is 0 Å². The van der Waals surface area contributed by atoms with Gasteiger partial charge >= 0.3 is 0 Å². The monoisotopic (exact) mass is 564 g/mol. The van der Waals surface area contributed by atoms with Gasteiger partial charge in [0.2, 0.25) is 0 Å². The second-order valence-electron chi connectivity index (χ2n) is 12.0. The Balaban J connectivity index is 1.33. The van der Waals surface area contributed by atoms with E-state index in [1.54, 1.807) is 7.11 Å². The van der Waals surface area contributed by atoms with Crippen LogP contribution in [0.2, 0.25) is 0 Å². The van der Waals surface area contributed by atoms with E-state index in [1.807, 2.05) is 42.5 Å². The minimum absolute atomic E-state index is 0.0549. The van der Waals surface area contributed by atoms with Crippen LogP contribution in [0.5, 0.6) is 17.2 Å². The Hall–Kier alpha value is -3.64. The summed E-state index contributed by atoms with van der Waals surface area (Å²) in [4.78, 5) is 2.57. The van der Waals surface area contributed by atoms with Crippen molar-refractivity contribution in [2.75, 3.05) is 33.4 Å². The molecule has 5 nitrogen and oxygen atoms in total. The maximum atomic E-state index is 6.67. The van der Waals surface area contributed by atoms with Crippen molar-refractivity contribution in [3.05, 3.63) is 114 Å². The highest BCUT2D eigenvalue weighted by Crippen LogP contribution is 2.43. The largest absolute Gasteiger partial charge is 0.497 e. The molecule has 4 aromatic carbocycles. The van der Waals surface area contributed by atoms with E-state index in [4.69, 9.17) is 14.2 Å². The molecule has 0 spiro atoms. The lowest BCUT2D eigenvalue weighted by Gasteiger charge is -2.36. The predicted molar refractivity (Wildman–Crippen MR) is 171 cm³/mol. The van der Waals surface area contributed by atoms with E-state index in [1.165, 1.54) is 11.1 Å². The van der Waals surface area contributed by atoms with Crippen LogP contribution in [0.3, 0.4) is 0 Å². The zero-order valence-corrected chi connectivity index (χ0v) is 25.4. The van der Waals surface area contributed by atoms with Crippen LogP contribution >= 0.6 is 0 Å². The molecule has 1 heterocycles. The van der Waals surface area contributed by atoms with Gasteiger partial charge in [-0.3, -0.25) is 4.90 Å². The number of methoxy groups -OCH3 is 1. The number of hydrogen-bond donors (Lipinski definition) is 1. The molecule has 0 aromatic heterocycles. The fraction of sp³-hybridized carbons (Fsp3) is 0.351. The summed E-state index contributed by atoms with van der Waals surface area (Å²) in [6.07, 6.45) is 0.962. The molecule has 0 radical (unpaired) electrons. The average Bonchev–Trinajstić information content (AvgIpc) is 3.01. The van der Waals surface area contributed by atoms with Crippen molar-refractivity contribution < 1.29 is 14.2 Å². The van der Waals surface area contributed by atoms with E-state index < -0.39 is 0 Å². The first kappa shape index (κ1) is 29.8. The fourth-order valence-corrected chi connectivity index (χ4v) is 5.64. The summed E-state index contributed by atoms with van der Waals surface area (Å²) in [6, 6.07) is 33.9. The molecule has 5 rings (SSSR count). The Bertz CT molecular complexity index is 1400. The van der Waals surface area contributed by atoms with Crippen molar-refractivity contribution in [3.63, 3.8) is 0 Å². The van der Waals surface area contributed by atoms with Crippen LogP contribution in [0.15, 0.2) is 97.1 Å². The molecule has 42 heavy (non-hydrogen) atoms. The van der Waals surface area contributed by atoms with Crippen LogP contribution < -0.4 is 14.8 Å². The average molecular weight is 565 g/mol. The number of hydrogen-bond acceptors (Lipinski definition) is 5. The van der Waals surface area contributed by atoms with E-state index >= 15 is 0 Å². The normalized spacial score (nSPS) is 15.9. The molecule has 1 N–H and O–H groups in total. The van der Waals surface area contributed by atoms with Gasteiger partial charge in [0, 0.05) is 50.0 Å². The van der Waals surface area contributed by atoms with E-state index in [9.17, 15) is 0 Å². The smallest absolute Gasteiger partial charge is 0.141 e. The van der Waals surface area contributed by atoms with Gasteiger partial charge in [0.15, 0.2) is 0 Å². The molecule has 1 aliphatic heterocycles. The summed E-state index contributed by atoms with van der Waals surface area (Å²) < 4.78 is 18.4. The zero-order chi connectivity index (χ0) is 29.4. The van der Waals surface area contributed by atoms with Crippen molar-refractivity contribution in [1.82, 2.24) is 10.2 Å². The summed E-state index contributed by atoms with van der Waals surface area (Å²) in [5.41, 5.74) is 5.85. The fourth-order valence-electron chi connectivity index (χ4n) is 5.64. The first-order valence-corrected chi connectivity index (χ1v) is 15.0. The summed E-state index contributed by atoms with van der Waals surface area (Å²) in [5.74, 6) is 2.59. The Morgan fingerprint density at radius 3 is 2.24 bits per heavy atom. The third-order valence-electron chi connectivity index (χ3n) is 7.94. The molecule has 0 saturated carbocycles.